The van der Waals surface area contributed by atoms with Crippen LogP contribution in [0.25, 0.3) is 0 Å². The van der Waals surface area contributed by atoms with Gasteiger partial charge in [0.25, 0.3) is 0 Å². The van der Waals surface area contributed by atoms with E-state index in [1.807, 2.05) is 6.07 Å². The highest BCUT2D eigenvalue weighted by atomic mass is 35.5. The van der Waals surface area contributed by atoms with Gasteiger partial charge in [-0.1, -0.05) is 35.0 Å². The minimum atomic E-state index is -1.05. The first-order valence-corrected chi connectivity index (χ1v) is 6.46. The first kappa shape index (κ1) is 13.2. The van der Waals surface area contributed by atoms with Gasteiger partial charge in [0.15, 0.2) is 0 Å². The Hall–Kier alpha value is -1.23. The minimum Gasteiger partial charge on any atom is -0.477 e. The zero-order valence-electron chi connectivity index (χ0n) is 8.93. The molecule has 0 aliphatic rings. The second kappa shape index (κ2) is 5.61. The molecule has 0 fully saturated rings. The lowest BCUT2D eigenvalue weighted by Gasteiger charge is -2.03. The highest BCUT2D eigenvalue weighted by molar-refractivity contribution is 7.99. The van der Waals surface area contributed by atoms with Crippen molar-refractivity contribution in [1.82, 2.24) is 4.98 Å². The Morgan fingerprint density at radius 2 is 1.83 bits per heavy atom. The Morgan fingerprint density at radius 3 is 2.50 bits per heavy atom. The summed E-state index contributed by atoms with van der Waals surface area (Å²) in [5, 5.41) is 9.80. The molecule has 92 valence electrons. The Balaban J connectivity index is 2.25. The molecule has 0 spiro atoms. The van der Waals surface area contributed by atoms with Gasteiger partial charge in [-0.25, -0.2) is 9.78 Å². The number of carbonyl (C=O) groups is 1. The molecule has 6 heteroatoms. The molecule has 0 unspecified atom stereocenters. The summed E-state index contributed by atoms with van der Waals surface area (Å²) >= 11 is 13.1. The summed E-state index contributed by atoms with van der Waals surface area (Å²) < 4.78 is 0. The van der Waals surface area contributed by atoms with Gasteiger partial charge in [0.05, 0.1) is 10.0 Å². The second-order valence-corrected chi connectivity index (χ2v) is 5.32. The lowest BCUT2D eigenvalue weighted by atomic mass is 10.3. The van der Waals surface area contributed by atoms with Crippen LogP contribution in [0.1, 0.15) is 10.5 Å². The van der Waals surface area contributed by atoms with E-state index in [0.717, 1.165) is 9.79 Å². The number of aromatic carboxylic acids is 1. The number of halogens is 2. The third-order valence-electron chi connectivity index (χ3n) is 2.08. The molecule has 18 heavy (non-hydrogen) atoms. The smallest absolute Gasteiger partial charge is 0.354 e. The maximum Gasteiger partial charge on any atom is 0.354 e. The third-order valence-corrected chi connectivity index (χ3v) is 3.80. The van der Waals surface area contributed by atoms with E-state index in [9.17, 15) is 4.79 Å². The molecular weight excluding hydrogens is 293 g/mol. The number of aromatic nitrogens is 1. The molecule has 0 bridgehead atoms. The van der Waals surface area contributed by atoms with E-state index in [0.29, 0.717) is 10.0 Å². The fourth-order valence-corrected chi connectivity index (χ4v) is 2.52. The van der Waals surface area contributed by atoms with Gasteiger partial charge in [-0.15, -0.1) is 0 Å². The predicted molar refractivity (Wildman–Crippen MR) is 71.8 cm³/mol. The van der Waals surface area contributed by atoms with Crippen molar-refractivity contribution in [1.29, 1.82) is 0 Å². The number of rotatable bonds is 3. The average Bonchev–Trinajstić information content (AvgIpc) is 2.34. The summed E-state index contributed by atoms with van der Waals surface area (Å²) in [5.74, 6) is -1.05. The van der Waals surface area contributed by atoms with Crippen molar-refractivity contribution in [2.45, 2.75) is 9.79 Å². The normalized spacial score (nSPS) is 10.3. The molecule has 0 aliphatic carbocycles. The maximum atomic E-state index is 10.8. The van der Waals surface area contributed by atoms with E-state index < -0.39 is 5.97 Å². The van der Waals surface area contributed by atoms with Gasteiger partial charge >= 0.3 is 5.97 Å². The van der Waals surface area contributed by atoms with Crippen LogP contribution >= 0.6 is 35.0 Å². The lowest BCUT2D eigenvalue weighted by Crippen LogP contribution is -1.99. The summed E-state index contributed by atoms with van der Waals surface area (Å²) in [6, 6.07) is 8.50. The molecule has 1 aromatic heterocycles. The molecule has 2 aromatic rings. The van der Waals surface area contributed by atoms with Crippen LogP contribution in [0.5, 0.6) is 0 Å². The Kier molecular flexibility index (Phi) is 4.11. The van der Waals surface area contributed by atoms with Crippen molar-refractivity contribution < 1.29 is 9.90 Å². The molecule has 1 heterocycles. The number of hydrogen-bond donors (Lipinski definition) is 1. The van der Waals surface area contributed by atoms with Crippen LogP contribution in [0.3, 0.4) is 0 Å². The SMILES string of the molecule is O=C(O)c1cc(Sc2ccc(Cl)c(Cl)c2)ccn1. The lowest BCUT2D eigenvalue weighted by molar-refractivity contribution is 0.0690. The zero-order valence-corrected chi connectivity index (χ0v) is 11.3. The van der Waals surface area contributed by atoms with Gasteiger partial charge in [-0.3, -0.25) is 0 Å². The molecule has 2 rings (SSSR count). The van der Waals surface area contributed by atoms with Gasteiger partial charge < -0.3 is 5.11 Å². The highest BCUT2D eigenvalue weighted by Gasteiger charge is 2.07. The molecule has 0 radical (unpaired) electrons. The summed E-state index contributed by atoms with van der Waals surface area (Å²) in [5.41, 5.74) is 0.0139. The largest absolute Gasteiger partial charge is 0.477 e. The second-order valence-electron chi connectivity index (χ2n) is 3.36. The van der Waals surface area contributed by atoms with E-state index in [-0.39, 0.29) is 5.69 Å². The van der Waals surface area contributed by atoms with Crippen LogP contribution in [-0.2, 0) is 0 Å². The molecule has 0 amide bonds. The van der Waals surface area contributed by atoms with Gasteiger partial charge in [0.2, 0.25) is 0 Å². The van der Waals surface area contributed by atoms with Gasteiger partial charge in [-0.05, 0) is 30.3 Å². The van der Waals surface area contributed by atoms with Crippen molar-refractivity contribution in [3.8, 4) is 0 Å². The highest BCUT2D eigenvalue weighted by Crippen LogP contribution is 2.32. The number of benzene rings is 1. The zero-order chi connectivity index (χ0) is 13.1. The summed E-state index contributed by atoms with van der Waals surface area (Å²) in [6.45, 7) is 0. The van der Waals surface area contributed by atoms with E-state index in [2.05, 4.69) is 4.98 Å². The van der Waals surface area contributed by atoms with Gasteiger partial charge in [0, 0.05) is 16.0 Å². The first-order chi connectivity index (χ1) is 8.56. The van der Waals surface area contributed by atoms with E-state index in [4.69, 9.17) is 28.3 Å². The van der Waals surface area contributed by atoms with Gasteiger partial charge in [-0.2, -0.15) is 0 Å². The topological polar surface area (TPSA) is 50.2 Å². The predicted octanol–water partition coefficient (Wildman–Crippen LogP) is 4.24. The van der Waals surface area contributed by atoms with Crippen LogP contribution in [0, 0.1) is 0 Å². The summed E-state index contributed by atoms with van der Waals surface area (Å²) in [6.07, 6.45) is 1.46. The van der Waals surface area contributed by atoms with Gasteiger partial charge in [0.1, 0.15) is 5.69 Å². The number of nitrogens with zero attached hydrogens (tertiary/aromatic N) is 1. The molecule has 3 nitrogen and oxygen atoms in total. The first-order valence-electron chi connectivity index (χ1n) is 4.88. The fourth-order valence-electron chi connectivity index (χ4n) is 1.27. The van der Waals surface area contributed by atoms with Crippen molar-refractivity contribution in [3.05, 3.63) is 52.3 Å². The van der Waals surface area contributed by atoms with Crippen LogP contribution in [-0.4, -0.2) is 16.1 Å². The number of hydrogen-bond acceptors (Lipinski definition) is 3. The standard InChI is InChI=1S/C12H7Cl2NO2S/c13-9-2-1-7(5-10(9)14)18-8-3-4-15-11(6-8)12(16)17/h1-6H,(H,16,17). The van der Waals surface area contributed by atoms with E-state index >= 15 is 0 Å². The number of carboxylic acid groups (broad SMARTS) is 1. The molecule has 0 saturated heterocycles. The molecule has 1 aromatic carbocycles. The third kappa shape index (κ3) is 3.16. The van der Waals surface area contributed by atoms with Crippen molar-refractivity contribution in [3.63, 3.8) is 0 Å². The molecule has 1 N–H and O–H groups in total. The average molecular weight is 300 g/mol. The Morgan fingerprint density at radius 1 is 1.11 bits per heavy atom. The minimum absolute atomic E-state index is 0.0139. The quantitative estimate of drug-likeness (QED) is 0.921. The summed E-state index contributed by atoms with van der Waals surface area (Å²) in [7, 11) is 0. The monoisotopic (exact) mass is 299 g/mol. The summed E-state index contributed by atoms with van der Waals surface area (Å²) in [4.78, 5) is 16.2. The number of carboxylic acids is 1. The van der Waals surface area contributed by atoms with Crippen LogP contribution in [0.15, 0.2) is 46.3 Å². The fraction of sp³-hybridized carbons (Fsp3) is 0. The van der Waals surface area contributed by atoms with Crippen molar-refractivity contribution in [2.75, 3.05) is 0 Å². The molecule has 0 aliphatic heterocycles. The molecule has 0 saturated carbocycles. The van der Waals surface area contributed by atoms with Crippen molar-refractivity contribution >= 4 is 40.9 Å². The van der Waals surface area contributed by atoms with Crippen molar-refractivity contribution in [2.24, 2.45) is 0 Å². The van der Waals surface area contributed by atoms with E-state index in [1.165, 1.54) is 24.0 Å². The molecular formula is C12H7Cl2NO2S. The van der Waals surface area contributed by atoms with Crippen LogP contribution < -0.4 is 0 Å². The molecule has 0 atom stereocenters. The Labute approximate surface area is 118 Å². The number of pyridine rings is 1. The maximum absolute atomic E-state index is 10.8. The van der Waals surface area contributed by atoms with E-state index in [1.54, 1.807) is 18.2 Å². The van der Waals surface area contributed by atoms with Crippen LogP contribution in [0.2, 0.25) is 10.0 Å². The Bertz CT molecular complexity index is 604. The van der Waals surface area contributed by atoms with Crippen LogP contribution in [0.4, 0.5) is 0 Å².